The average Bonchev–Trinajstić information content (AvgIpc) is 2.83. The zero-order chi connectivity index (χ0) is 13.9. The second-order valence-corrected chi connectivity index (χ2v) is 5.19. The minimum Gasteiger partial charge on any atom is -0.317 e. The van der Waals surface area contributed by atoms with Crippen LogP contribution in [0.25, 0.3) is 11.2 Å². The number of aromatic amines is 2. The van der Waals surface area contributed by atoms with Crippen LogP contribution < -0.4 is 11.0 Å². The summed E-state index contributed by atoms with van der Waals surface area (Å²) in [6.07, 6.45) is 2.98. The first-order chi connectivity index (χ1) is 9.72. The van der Waals surface area contributed by atoms with Gasteiger partial charge in [-0.3, -0.25) is 4.79 Å². The third-order valence-electron chi connectivity index (χ3n) is 2.53. The molecule has 0 spiro atoms. The van der Waals surface area contributed by atoms with Crippen molar-refractivity contribution in [2.24, 2.45) is 5.10 Å². The zero-order valence-corrected chi connectivity index (χ0v) is 12.2. The van der Waals surface area contributed by atoms with Crippen LogP contribution in [0.15, 0.2) is 40.5 Å². The summed E-state index contributed by atoms with van der Waals surface area (Å²) < 4.78 is 1.13. The van der Waals surface area contributed by atoms with Crippen LogP contribution in [-0.2, 0) is 0 Å². The number of imidazole rings is 1. The number of nitrogens with one attached hydrogen (secondary N) is 3. The van der Waals surface area contributed by atoms with Crippen LogP contribution in [0.2, 0.25) is 0 Å². The van der Waals surface area contributed by atoms with Gasteiger partial charge in [-0.1, -0.05) is 12.1 Å². The molecule has 3 aromatic rings. The van der Waals surface area contributed by atoms with Crippen molar-refractivity contribution in [1.29, 1.82) is 0 Å². The van der Waals surface area contributed by atoms with Crippen LogP contribution in [0.5, 0.6) is 0 Å². The van der Waals surface area contributed by atoms with E-state index < -0.39 is 0 Å². The van der Waals surface area contributed by atoms with Gasteiger partial charge in [-0.25, -0.2) is 10.4 Å². The number of anilines is 1. The zero-order valence-electron chi connectivity index (χ0n) is 10.1. The number of hydrogen-bond donors (Lipinski definition) is 3. The number of hydrogen-bond acceptors (Lipinski definition) is 5. The molecule has 0 radical (unpaired) electrons. The maximum atomic E-state index is 11.5. The van der Waals surface area contributed by atoms with E-state index in [0.29, 0.717) is 17.1 Å². The van der Waals surface area contributed by atoms with Gasteiger partial charge in [0.2, 0.25) is 5.95 Å². The van der Waals surface area contributed by atoms with Crippen LogP contribution in [0.3, 0.4) is 0 Å². The first kappa shape index (κ1) is 12.8. The van der Waals surface area contributed by atoms with Gasteiger partial charge in [0.25, 0.3) is 5.56 Å². The molecule has 0 aliphatic carbocycles. The molecule has 7 nitrogen and oxygen atoms in total. The summed E-state index contributed by atoms with van der Waals surface area (Å²) in [5, 5.41) is 4.07. The Hall–Kier alpha value is -2.23. The fourth-order valence-corrected chi connectivity index (χ4v) is 2.21. The number of hydrazone groups is 1. The standard InChI is InChI=1S/C12H9IN6O/c13-8-3-1-2-7(4-8)5-16-19-12-17-9-10(18-12)14-6-15-11(9)20/h1-6H,(H3,14,15,17,18,19,20)/b16-5-. The van der Waals surface area contributed by atoms with Gasteiger partial charge in [-0.05, 0) is 40.3 Å². The Labute approximate surface area is 126 Å². The number of fused-ring (bicyclic) bond motifs is 1. The molecule has 0 amide bonds. The van der Waals surface area contributed by atoms with Crippen molar-refractivity contribution in [3.05, 3.63) is 50.1 Å². The van der Waals surface area contributed by atoms with Crippen molar-refractivity contribution in [3.63, 3.8) is 0 Å². The van der Waals surface area contributed by atoms with E-state index in [1.165, 1.54) is 6.33 Å². The van der Waals surface area contributed by atoms with Crippen LogP contribution in [0.1, 0.15) is 5.56 Å². The molecule has 2 aromatic heterocycles. The van der Waals surface area contributed by atoms with Gasteiger partial charge in [0.05, 0.1) is 12.5 Å². The fourth-order valence-electron chi connectivity index (χ4n) is 1.65. The molecule has 0 fully saturated rings. The third kappa shape index (κ3) is 2.69. The van der Waals surface area contributed by atoms with E-state index in [1.54, 1.807) is 6.21 Å². The van der Waals surface area contributed by atoms with Crippen molar-refractivity contribution < 1.29 is 0 Å². The summed E-state index contributed by atoms with van der Waals surface area (Å²) in [5.74, 6) is 0.367. The molecule has 1 aromatic carbocycles. The van der Waals surface area contributed by atoms with E-state index in [9.17, 15) is 4.79 Å². The number of aromatic nitrogens is 4. The Morgan fingerprint density at radius 2 is 2.30 bits per heavy atom. The predicted octanol–water partition coefficient (Wildman–Crippen LogP) is 1.70. The molecular formula is C12H9IN6O. The van der Waals surface area contributed by atoms with Crippen molar-refractivity contribution >= 4 is 45.9 Å². The van der Waals surface area contributed by atoms with Gasteiger partial charge in [0.1, 0.15) is 0 Å². The summed E-state index contributed by atoms with van der Waals surface area (Å²) in [6, 6.07) is 7.89. The Balaban J connectivity index is 1.80. The highest BCUT2D eigenvalue weighted by Crippen LogP contribution is 2.08. The van der Waals surface area contributed by atoms with Gasteiger partial charge < -0.3 is 9.97 Å². The van der Waals surface area contributed by atoms with Crippen LogP contribution in [0, 0.1) is 3.57 Å². The summed E-state index contributed by atoms with van der Waals surface area (Å²) >= 11 is 2.23. The number of nitrogens with zero attached hydrogens (tertiary/aromatic N) is 3. The molecule has 0 saturated heterocycles. The van der Waals surface area contributed by atoms with Gasteiger partial charge in [0.15, 0.2) is 11.2 Å². The number of halogens is 1. The molecule has 0 unspecified atom stereocenters. The van der Waals surface area contributed by atoms with Crippen LogP contribution in [-0.4, -0.2) is 26.2 Å². The lowest BCUT2D eigenvalue weighted by Gasteiger charge is -1.95. The highest BCUT2D eigenvalue weighted by molar-refractivity contribution is 14.1. The lowest BCUT2D eigenvalue weighted by atomic mass is 10.2. The Kier molecular flexibility index (Phi) is 3.46. The lowest BCUT2D eigenvalue weighted by molar-refractivity contribution is 1.15. The quantitative estimate of drug-likeness (QED) is 0.366. The predicted molar refractivity (Wildman–Crippen MR) is 84.9 cm³/mol. The maximum absolute atomic E-state index is 11.5. The van der Waals surface area contributed by atoms with Crippen molar-refractivity contribution in [3.8, 4) is 0 Å². The molecule has 3 rings (SSSR count). The first-order valence-corrected chi connectivity index (χ1v) is 6.78. The van der Waals surface area contributed by atoms with Gasteiger partial charge in [-0.15, -0.1) is 0 Å². The van der Waals surface area contributed by atoms with Crippen LogP contribution >= 0.6 is 22.6 Å². The molecule has 0 aliphatic heterocycles. The van der Waals surface area contributed by atoms with E-state index in [4.69, 9.17) is 0 Å². The van der Waals surface area contributed by atoms with E-state index in [2.05, 4.69) is 53.1 Å². The molecule has 0 atom stereocenters. The summed E-state index contributed by atoms with van der Waals surface area (Å²) in [6.45, 7) is 0. The fraction of sp³-hybridized carbons (Fsp3) is 0. The number of rotatable bonds is 3. The van der Waals surface area contributed by atoms with E-state index in [0.717, 1.165) is 9.13 Å². The van der Waals surface area contributed by atoms with Crippen LogP contribution in [0.4, 0.5) is 5.95 Å². The second-order valence-electron chi connectivity index (χ2n) is 3.94. The third-order valence-corrected chi connectivity index (χ3v) is 3.20. The van der Waals surface area contributed by atoms with Crippen molar-refractivity contribution in [1.82, 2.24) is 19.9 Å². The molecule has 100 valence electrons. The number of H-pyrrole nitrogens is 2. The smallest absolute Gasteiger partial charge is 0.276 e. The largest absolute Gasteiger partial charge is 0.317 e. The maximum Gasteiger partial charge on any atom is 0.276 e. The number of benzene rings is 1. The van der Waals surface area contributed by atoms with E-state index >= 15 is 0 Å². The lowest BCUT2D eigenvalue weighted by Crippen LogP contribution is -2.05. The van der Waals surface area contributed by atoms with E-state index in [-0.39, 0.29) is 5.56 Å². The van der Waals surface area contributed by atoms with Gasteiger partial charge in [-0.2, -0.15) is 10.1 Å². The Morgan fingerprint density at radius 1 is 1.40 bits per heavy atom. The van der Waals surface area contributed by atoms with Crippen molar-refractivity contribution in [2.75, 3.05) is 5.43 Å². The normalized spacial score (nSPS) is 11.2. The summed E-state index contributed by atoms with van der Waals surface area (Å²) in [5.41, 5.74) is 4.11. The topological polar surface area (TPSA) is 98.8 Å². The Morgan fingerprint density at radius 3 is 3.10 bits per heavy atom. The minimum absolute atomic E-state index is 0.267. The van der Waals surface area contributed by atoms with Gasteiger partial charge >= 0.3 is 0 Å². The molecule has 8 heteroatoms. The molecule has 0 aliphatic rings. The van der Waals surface area contributed by atoms with Gasteiger partial charge in [0, 0.05) is 3.57 Å². The summed E-state index contributed by atoms with van der Waals surface area (Å²) in [4.78, 5) is 24.8. The van der Waals surface area contributed by atoms with E-state index in [1.807, 2.05) is 24.3 Å². The molecule has 2 heterocycles. The summed E-state index contributed by atoms with van der Waals surface area (Å²) in [7, 11) is 0. The molecular weight excluding hydrogens is 371 g/mol. The monoisotopic (exact) mass is 380 g/mol. The average molecular weight is 380 g/mol. The molecule has 20 heavy (non-hydrogen) atoms. The Bertz CT molecular complexity index is 837. The first-order valence-electron chi connectivity index (χ1n) is 5.70. The highest BCUT2D eigenvalue weighted by Gasteiger charge is 2.05. The highest BCUT2D eigenvalue weighted by atomic mass is 127. The molecule has 0 bridgehead atoms. The second kappa shape index (κ2) is 5.41. The minimum atomic E-state index is -0.267. The van der Waals surface area contributed by atoms with Crippen molar-refractivity contribution in [2.45, 2.75) is 0 Å². The SMILES string of the molecule is O=c1[nH]cnc2nc(N/N=C\c3cccc(I)c3)[nH]c12. The molecule has 3 N–H and O–H groups in total. The molecule has 0 saturated carbocycles.